The fourth-order valence-electron chi connectivity index (χ4n) is 2.37. The van der Waals surface area contributed by atoms with Crippen molar-refractivity contribution in [1.29, 1.82) is 0 Å². The summed E-state index contributed by atoms with van der Waals surface area (Å²) in [5.41, 5.74) is 4.66. The second-order valence-corrected chi connectivity index (χ2v) is 5.28. The van der Waals surface area contributed by atoms with E-state index in [0.29, 0.717) is 11.4 Å². The average Bonchev–Trinajstić information content (AvgIpc) is 2.78. The van der Waals surface area contributed by atoms with E-state index in [9.17, 15) is 14.4 Å². The Morgan fingerprint density at radius 3 is 2.28 bits per heavy atom. The van der Waals surface area contributed by atoms with E-state index in [1.165, 1.54) is 4.68 Å². The van der Waals surface area contributed by atoms with E-state index in [1.807, 2.05) is 23.2 Å². The number of benzene rings is 1. The molecule has 25 heavy (non-hydrogen) atoms. The van der Waals surface area contributed by atoms with Gasteiger partial charge in [-0.3, -0.25) is 24.2 Å². The number of hydrogen-bond acceptors (Lipinski definition) is 6. The number of anilines is 1. The molecule has 0 amide bonds. The number of aromatic amines is 2. The first-order chi connectivity index (χ1) is 11.9. The largest absolute Gasteiger partial charge is 0.383 e. The van der Waals surface area contributed by atoms with Gasteiger partial charge in [-0.1, -0.05) is 18.2 Å². The Hall–Kier alpha value is -3.69. The lowest BCUT2D eigenvalue weighted by molar-refractivity contribution is 0.630. The van der Waals surface area contributed by atoms with Crippen molar-refractivity contribution in [2.75, 3.05) is 5.73 Å². The highest BCUT2D eigenvalue weighted by Crippen LogP contribution is 2.20. The summed E-state index contributed by atoms with van der Waals surface area (Å²) in [7, 11) is 1.71. The Labute approximate surface area is 140 Å². The molecule has 0 saturated heterocycles. The summed E-state index contributed by atoms with van der Waals surface area (Å²) in [4.78, 5) is 39.8. The molecule has 2 aromatic heterocycles. The molecule has 0 aliphatic heterocycles. The summed E-state index contributed by atoms with van der Waals surface area (Å²) >= 11 is 0. The van der Waals surface area contributed by atoms with E-state index in [2.05, 4.69) is 15.2 Å². The molecule has 4 N–H and O–H groups in total. The second kappa shape index (κ2) is 6.07. The maximum absolute atomic E-state index is 12.7. The number of hydrogen-bond donors (Lipinski definition) is 3. The predicted octanol–water partition coefficient (Wildman–Crippen LogP) is 0.859. The number of H-pyrrole nitrogens is 2. The molecule has 0 aliphatic rings. The van der Waals surface area contributed by atoms with E-state index in [4.69, 9.17) is 5.73 Å². The lowest BCUT2D eigenvalue weighted by Gasteiger charge is -2.07. The van der Waals surface area contributed by atoms with Crippen LogP contribution in [0.1, 0.15) is 5.69 Å². The first kappa shape index (κ1) is 16.2. The van der Waals surface area contributed by atoms with Gasteiger partial charge in [-0.2, -0.15) is 0 Å². The van der Waals surface area contributed by atoms with Crippen molar-refractivity contribution < 1.29 is 0 Å². The van der Waals surface area contributed by atoms with Crippen LogP contribution in [0.2, 0.25) is 0 Å². The highest BCUT2D eigenvalue weighted by atomic mass is 16.2. The Morgan fingerprint density at radius 2 is 1.64 bits per heavy atom. The second-order valence-electron chi connectivity index (χ2n) is 5.28. The number of nitrogen functional groups attached to an aromatic ring is 1. The quantitative estimate of drug-likeness (QED) is 0.607. The molecule has 128 valence electrons. The van der Waals surface area contributed by atoms with Crippen LogP contribution in [0.4, 0.5) is 17.2 Å². The molecule has 3 rings (SSSR count). The summed E-state index contributed by atoms with van der Waals surface area (Å²) in [5.74, 6) is -0.227. The fourth-order valence-corrected chi connectivity index (χ4v) is 2.37. The van der Waals surface area contributed by atoms with Crippen molar-refractivity contribution in [2.45, 2.75) is 6.92 Å². The van der Waals surface area contributed by atoms with Crippen LogP contribution in [0.15, 0.2) is 54.9 Å². The molecular weight excluding hydrogens is 326 g/mol. The first-order valence-corrected chi connectivity index (χ1v) is 7.28. The summed E-state index contributed by atoms with van der Waals surface area (Å²) in [6.07, 6.45) is 0. The number of nitrogens with one attached hydrogen (secondary N) is 2. The van der Waals surface area contributed by atoms with Gasteiger partial charge in [0.1, 0.15) is 5.82 Å². The van der Waals surface area contributed by atoms with E-state index in [-0.39, 0.29) is 17.2 Å². The standard InChI is InChI=1S/C15H15N7O3/c1-8-10(19-20-11-12(16)17-15(25)18-13(11)23)14(24)22(21(8)2)9-6-4-3-5-7-9/h3-7H,1-2H3,(H4,16,17,18,23,25). The molecule has 1 aromatic carbocycles. The molecule has 0 fully saturated rings. The number of nitrogens with two attached hydrogens (primary N) is 1. The highest BCUT2D eigenvalue weighted by Gasteiger charge is 2.16. The minimum absolute atomic E-state index is 0.0661. The minimum atomic E-state index is -0.790. The van der Waals surface area contributed by atoms with Gasteiger partial charge in [0.15, 0.2) is 11.4 Å². The summed E-state index contributed by atoms with van der Waals surface area (Å²) in [5, 5.41) is 7.63. The first-order valence-electron chi connectivity index (χ1n) is 7.28. The minimum Gasteiger partial charge on any atom is -0.383 e. The van der Waals surface area contributed by atoms with E-state index in [0.717, 1.165) is 0 Å². The maximum Gasteiger partial charge on any atom is 0.327 e. The van der Waals surface area contributed by atoms with E-state index >= 15 is 0 Å². The smallest absolute Gasteiger partial charge is 0.327 e. The van der Waals surface area contributed by atoms with Gasteiger partial charge in [0, 0.05) is 7.05 Å². The number of para-hydroxylation sites is 1. The van der Waals surface area contributed by atoms with E-state index in [1.54, 1.807) is 30.8 Å². The van der Waals surface area contributed by atoms with Crippen molar-refractivity contribution >= 4 is 17.2 Å². The van der Waals surface area contributed by atoms with Crippen LogP contribution in [0, 0.1) is 6.92 Å². The van der Waals surface area contributed by atoms with Gasteiger partial charge in [0.05, 0.1) is 11.4 Å². The SMILES string of the molecule is Cc1c(N=Nc2c(N)[nH]c(=O)[nH]c2=O)c(=O)n(-c2ccccc2)n1C. The normalized spacial score (nSPS) is 11.3. The lowest BCUT2D eigenvalue weighted by atomic mass is 10.3. The topological polar surface area (TPSA) is 143 Å². The van der Waals surface area contributed by atoms with Gasteiger partial charge in [0.25, 0.3) is 11.1 Å². The third-order valence-electron chi connectivity index (χ3n) is 3.72. The molecule has 0 unspecified atom stereocenters. The fraction of sp³-hybridized carbons (Fsp3) is 0.133. The van der Waals surface area contributed by atoms with Crippen molar-refractivity contribution in [1.82, 2.24) is 19.3 Å². The summed E-state index contributed by atoms with van der Waals surface area (Å²) in [6.45, 7) is 1.70. The molecule has 10 nitrogen and oxygen atoms in total. The molecular formula is C15H15N7O3. The summed E-state index contributed by atoms with van der Waals surface area (Å²) < 4.78 is 3.07. The summed E-state index contributed by atoms with van der Waals surface area (Å²) in [6, 6.07) is 9.03. The zero-order chi connectivity index (χ0) is 18.1. The number of nitrogens with zero attached hydrogens (tertiary/aromatic N) is 4. The number of aromatic nitrogens is 4. The van der Waals surface area contributed by atoms with Crippen molar-refractivity contribution in [3.63, 3.8) is 0 Å². The van der Waals surface area contributed by atoms with Crippen LogP contribution in [-0.2, 0) is 7.05 Å². The Kier molecular flexibility index (Phi) is 3.93. The third-order valence-corrected chi connectivity index (χ3v) is 3.72. The lowest BCUT2D eigenvalue weighted by Crippen LogP contribution is -2.23. The zero-order valence-corrected chi connectivity index (χ0v) is 13.5. The molecule has 0 spiro atoms. The molecule has 0 atom stereocenters. The van der Waals surface area contributed by atoms with Gasteiger partial charge >= 0.3 is 5.69 Å². The Morgan fingerprint density at radius 1 is 1.00 bits per heavy atom. The van der Waals surface area contributed by atoms with Gasteiger partial charge < -0.3 is 5.73 Å². The maximum atomic E-state index is 12.7. The van der Waals surface area contributed by atoms with Crippen molar-refractivity contribution in [3.8, 4) is 5.69 Å². The van der Waals surface area contributed by atoms with Crippen LogP contribution < -0.4 is 22.5 Å². The van der Waals surface area contributed by atoms with Crippen LogP contribution >= 0.6 is 0 Å². The molecule has 2 heterocycles. The van der Waals surface area contributed by atoms with Crippen molar-refractivity contribution in [3.05, 3.63) is 67.2 Å². The van der Waals surface area contributed by atoms with Gasteiger partial charge in [-0.15, -0.1) is 10.2 Å². The number of azo groups is 1. The van der Waals surface area contributed by atoms with Gasteiger partial charge in [0.2, 0.25) is 0 Å². The van der Waals surface area contributed by atoms with Crippen LogP contribution in [0.5, 0.6) is 0 Å². The molecule has 0 radical (unpaired) electrons. The third kappa shape index (κ3) is 2.80. The average molecular weight is 341 g/mol. The Bertz CT molecular complexity index is 1130. The van der Waals surface area contributed by atoms with Crippen molar-refractivity contribution in [2.24, 2.45) is 17.3 Å². The predicted molar refractivity (Wildman–Crippen MR) is 92.0 cm³/mol. The van der Waals surface area contributed by atoms with E-state index < -0.39 is 16.8 Å². The van der Waals surface area contributed by atoms with Crippen LogP contribution in [0.3, 0.4) is 0 Å². The molecule has 0 aliphatic carbocycles. The van der Waals surface area contributed by atoms with Crippen LogP contribution in [0.25, 0.3) is 5.69 Å². The monoisotopic (exact) mass is 341 g/mol. The molecule has 10 heteroatoms. The van der Waals surface area contributed by atoms with Gasteiger partial charge in [-0.05, 0) is 19.1 Å². The molecule has 3 aromatic rings. The molecule has 0 saturated carbocycles. The number of rotatable bonds is 3. The molecule has 0 bridgehead atoms. The Balaban J connectivity index is 2.13. The van der Waals surface area contributed by atoms with Crippen LogP contribution in [-0.4, -0.2) is 19.3 Å². The van der Waals surface area contributed by atoms with Gasteiger partial charge in [-0.25, -0.2) is 9.48 Å². The highest BCUT2D eigenvalue weighted by molar-refractivity contribution is 5.55. The zero-order valence-electron chi connectivity index (χ0n) is 13.5.